The van der Waals surface area contributed by atoms with Crippen molar-refractivity contribution in [2.24, 2.45) is 5.84 Å². The fraction of sp³-hybridized carbons (Fsp3) is 0.143. The largest absolute Gasteiger partial charge is 0.314 e. The lowest BCUT2D eigenvalue weighted by molar-refractivity contribution is 1.02. The molecule has 0 atom stereocenters. The normalized spacial score (nSPS) is 8.64. The summed E-state index contributed by atoms with van der Waals surface area (Å²) in [5, 5.41) is 2.27. The zero-order valence-electron chi connectivity index (χ0n) is 6.12. The SMILES string of the molecule is CN(N)c1ccc(Cl)cc1.Cl. The average Bonchev–Trinajstić information content (AvgIpc) is 1.88. The van der Waals surface area contributed by atoms with Crippen LogP contribution >= 0.6 is 24.0 Å². The third-order valence-corrected chi connectivity index (χ3v) is 1.49. The Morgan fingerprint density at radius 3 is 2.09 bits per heavy atom. The predicted molar refractivity (Wildman–Crippen MR) is 51.3 cm³/mol. The monoisotopic (exact) mass is 192 g/mol. The zero-order valence-corrected chi connectivity index (χ0v) is 7.69. The van der Waals surface area contributed by atoms with Crippen LogP contribution in [0.3, 0.4) is 0 Å². The van der Waals surface area contributed by atoms with Crippen LogP contribution in [0.4, 0.5) is 5.69 Å². The standard InChI is InChI=1S/C7H9ClN2.ClH/c1-10(9)7-4-2-6(8)3-5-7;/h2-5H,9H2,1H3;1H. The molecule has 1 rings (SSSR count). The molecule has 11 heavy (non-hydrogen) atoms. The molecule has 0 saturated carbocycles. The van der Waals surface area contributed by atoms with E-state index in [-0.39, 0.29) is 12.4 Å². The summed E-state index contributed by atoms with van der Waals surface area (Å²) < 4.78 is 0. The van der Waals surface area contributed by atoms with Crippen molar-refractivity contribution in [1.82, 2.24) is 0 Å². The molecule has 0 fully saturated rings. The molecule has 0 heterocycles. The maximum Gasteiger partial charge on any atom is 0.0514 e. The zero-order chi connectivity index (χ0) is 7.56. The molecule has 0 spiro atoms. The molecule has 0 unspecified atom stereocenters. The van der Waals surface area contributed by atoms with E-state index in [1.54, 1.807) is 19.2 Å². The Bertz CT molecular complexity index is 208. The first-order valence-electron chi connectivity index (χ1n) is 2.94. The predicted octanol–water partition coefficient (Wildman–Crippen LogP) is 2.07. The summed E-state index contributed by atoms with van der Waals surface area (Å²) >= 11 is 5.66. The van der Waals surface area contributed by atoms with Crippen molar-refractivity contribution in [2.75, 3.05) is 12.1 Å². The van der Waals surface area contributed by atoms with Gasteiger partial charge in [0.05, 0.1) is 5.69 Å². The lowest BCUT2D eigenvalue weighted by Crippen LogP contribution is -2.24. The van der Waals surface area contributed by atoms with Gasteiger partial charge in [0, 0.05) is 12.1 Å². The van der Waals surface area contributed by atoms with Gasteiger partial charge in [0.15, 0.2) is 0 Å². The van der Waals surface area contributed by atoms with Gasteiger partial charge in [0.2, 0.25) is 0 Å². The summed E-state index contributed by atoms with van der Waals surface area (Å²) in [4.78, 5) is 0. The van der Waals surface area contributed by atoms with Crippen LogP contribution in [0.1, 0.15) is 0 Å². The van der Waals surface area contributed by atoms with Gasteiger partial charge in [-0.15, -0.1) is 12.4 Å². The molecule has 0 aromatic heterocycles. The van der Waals surface area contributed by atoms with E-state index in [9.17, 15) is 0 Å². The number of halogens is 2. The third kappa shape index (κ3) is 2.97. The summed E-state index contributed by atoms with van der Waals surface area (Å²) in [6.45, 7) is 0. The minimum atomic E-state index is 0. The van der Waals surface area contributed by atoms with Crippen molar-refractivity contribution >= 4 is 29.7 Å². The van der Waals surface area contributed by atoms with Crippen LogP contribution < -0.4 is 10.9 Å². The number of anilines is 1. The highest BCUT2D eigenvalue weighted by molar-refractivity contribution is 6.30. The van der Waals surface area contributed by atoms with E-state index >= 15 is 0 Å². The second-order valence-corrected chi connectivity index (χ2v) is 2.52. The van der Waals surface area contributed by atoms with Gasteiger partial charge in [-0.05, 0) is 24.3 Å². The van der Waals surface area contributed by atoms with Gasteiger partial charge in [-0.1, -0.05) is 11.6 Å². The molecule has 0 aliphatic rings. The summed E-state index contributed by atoms with van der Waals surface area (Å²) in [5.74, 6) is 5.45. The Morgan fingerprint density at radius 2 is 1.73 bits per heavy atom. The molecular weight excluding hydrogens is 183 g/mol. The van der Waals surface area contributed by atoms with Crippen LogP contribution in [0.2, 0.25) is 5.02 Å². The van der Waals surface area contributed by atoms with Crippen molar-refractivity contribution in [1.29, 1.82) is 0 Å². The molecule has 0 aliphatic heterocycles. The second-order valence-electron chi connectivity index (χ2n) is 2.09. The van der Waals surface area contributed by atoms with Crippen molar-refractivity contribution < 1.29 is 0 Å². The molecule has 2 N–H and O–H groups in total. The molecule has 1 aromatic rings. The fourth-order valence-electron chi connectivity index (χ4n) is 0.676. The van der Waals surface area contributed by atoms with E-state index in [4.69, 9.17) is 17.4 Å². The maximum absolute atomic E-state index is 5.66. The van der Waals surface area contributed by atoms with Gasteiger partial charge in [-0.3, -0.25) is 0 Å². The van der Waals surface area contributed by atoms with Crippen molar-refractivity contribution in [3.63, 3.8) is 0 Å². The van der Waals surface area contributed by atoms with Crippen LogP contribution in [-0.2, 0) is 0 Å². The van der Waals surface area contributed by atoms with E-state index in [0.29, 0.717) is 0 Å². The van der Waals surface area contributed by atoms with Gasteiger partial charge in [0.1, 0.15) is 0 Å². The van der Waals surface area contributed by atoms with E-state index in [1.807, 2.05) is 12.1 Å². The summed E-state index contributed by atoms with van der Waals surface area (Å²) in [5.41, 5.74) is 0.949. The Hall–Kier alpha value is -0.440. The van der Waals surface area contributed by atoms with Crippen molar-refractivity contribution in [3.05, 3.63) is 29.3 Å². The number of hydrazine groups is 1. The Labute approximate surface area is 77.3 Å². The van der Waals surface area contributed by atoms with Gasteiger partial charge in [-0.25, -0.2) is 5.84 Å². The lowest BCUT2D eigenvalue weighted by atomic mass is 10.3. The van der Waals surface area contributed by atoms with E-state index in [0.717, 1.165) is 10.7 Å². The van der Waals surface area contributed by atoms with E-state index in [2.05, 4.69) is 0 Å². The molecule has 0 radical (unpaired) electrons. The number of rotatable bonds is 1. The molecule has 2 nitrogen and oxygen atoms in total. The lowest BCUT2D eigenvalue weighted by Gasteiger charge is -2.10. The number of hydrogen-bond acceptors (Lipinski definition) is 2. The highest BCUT2D eigenvalue weighted by Crippen LogP contribution is 2.14. The molecule has 1 aromatic carbocycles. The smallest absolute Gasteiger partial charge is 0.0514 e. The van der Waals surface area contributed by atoms with Crippen LogP contribution in [-0.4, -0.2) is 7.05 Å². The molecule has 0 aliphatic carbocycles. The second kappa shape index (κ2) is 4.44. The van der Waals surface area contributed by atoms with E-state index < -0.39 is 0 Å². The van der Waals surface area contributed by atoms with Gasteiger partial charge in [-0.2, -0.15) is 0 Å². The van der Waals surface area contributed by atoms with Crippen LogP contribution in [0.15, 0.2) is 24.3 Å². The van der Waals surface area contributed by atoms with Gasteiger partial charge >= 0.3 is 0 Å². The topological polar surface area (TPSA) is 29.3 Å². The van der Waals surface area contributed by atoms with Crippen molar-refractivity contribution in [2.45, 2.75) is 0 Å². The molecule has 0 amide bonds. The van der Waals surface area contributed by atoms with Gasteiger partial charge < -0.3 is 5.01 Å². The quantitative estimate of drug-likeness (QED) is 0.546. The summed E-state index contributed by atoms with van der Waals surface area (Å²) in [7, 11) is 1.78. The molecular formula is C7H10Cl2N2. The summed E-state index contributed by atoms with van der Waals surface area (Å²) in [6, 6.07) is 7.34. The first kappa shape index (κ1) is 10.6. The third-order valence-electron chi connectivity index (χ3n) is 1.23. The van der Waals surface area contributed by atoms with Crippen LogP contribution in [0, 0.1) is 0 Å². The minimum absolute atomic E-state index is 0. The summed E-state index contributed by atoms with van der Waals surface area (Å²) in [6.07, 6.45) is 0. The number of hydrogen-bond donors (Lipinski definition) is 1. The number of benzene rings is 1. The number of nitrogens with two attached hydrogens (primary N) is 1. The minimum Gasteiger partial charge on any atom is -0.314 e. The van der Waals surface area contributed by atoms with Crippen molar-refractivity contribution in [3.8, 4) is 0 Å². The fourth-order valence-corrected chi connectivity index (χ4v) is 0.802. The average molecular weight is 193 g/mol. The maximum atomic E-state index is 5.66. The Balaban J connectivity index is 0.000001000. The van der Waals surface area contributed by atoms with Crippen LogP contribution in [0.25, 0.3) is 0 Å². The Kier molecular flexibility index (Phi) is 4.26. The first-order chi connectivity index (χ1) is 4.70. The Morgan fingerprint density at radius 1 is 1.27 bits per heavy atom. The number of nitrogens with zero attached hydrogens (tertiary/aromatic N) is 1. The molecule has 4 heteroatoms. The highest BCUT2D eigenvalue weighted by atomic mass is 35.5. The molecule has 62 valence electrons. The van der Waals surface area contributed by atoms with Crippen LogP contribution in [0.5, 0.6) is 0 Å². The first-order valence-corrected chi connectivity index (χ1v) is 3.32. The molecule has 0 bridgehead atoms. The van der Waals surface area contributed by atoms with Gasteiger partial charge in [0.25, 0.3) is 0 Å². The molecule has 0 saturated heterocycles. The highest BCUT2D eigenvalue weighted by Gasteiger charge is 1.92. The van der Waals surface area contributed by atoms with E-state index in [1.165, 1.54) is 5.01 Å².